The molecule has 0 radical (unpaired) electrons. The minimum atomic E-state index is -2.96. The first-order chi connectivity index (χ1) is 12.6. The van der Waals surface area contributed by atoms with Gasteiger partial charge in [-0.05, 0) is 37.2 Å². The van der Waals surface area contributed by atoms with Crippen LogP contribution in [-0.2, 0) is 9.71 Å². The predicted octanol–water partition coefficient (Wildman–Crippen LogP) is 3.44. The van der Waals surface area contributed by atoms with E-state index in [1.165, 1.54) is 29.6 Å². The molecule has 0 saturated carbocycles. The highest BCUT2D eigenvalue weighted by molar-refractivity contribution is 7.98. The van der Waals surface area contributed by atoms with Gasteiger partial charge in [0, 0.05) is 23.2 Å². The Hall–Kier alpha value is -1.71. The van der Waals surface area contributed by atoms with Gasteiger partial charge in [0.15, 0.2) is 11.6 Å². The molecule has 0 aromatic heterocycles. The second kappa shape index (κ2) is 8.53. The standard InChI is InChI=1S/C17H16Cl2F2N2O3S/c1-23(5-6-24)27(2,26)11-3-4-13(18)12(9-11)17(25)22-10-7-14(19)16(21)15(20)8-10/h3-4,7-9,24H,2,5-6H2,1H3,(H,22,25). The third kappa shape index (κ3) is 4.77. The molecule has 5 nitrogen and oxygen atoms in total. The Kier molecular flexibility index (Phi) is 6.82. The van der Waals surface area contributed by atoms with Crippen LogP contribution in [0.25, 0.3) is 0 Å². The van der Waals surface area contributed by atoms with E-state index < -0.39 is 32.3 Å². The fourth-order valence-electron chi connectivity index (χ4n) is 2.17. The van der Waals surface area contributed by atoms with Gasteiger partial charge in [-0.3, -0.25) is 4.79 Å². The van der Waals surface area contributed by atoms with E-state index in [1.54, 1.807) is 0 Å². The summed E-state index contributed by atoms with van der Waals surface area (Å²) in [6.07, 6.45) is 0. The number of rotatable bonds is 6. The SMILES string of the molecule is C=S(=O)(c1ccc(Cl)c(C(=O)Nc2cc(F)c(F)c(Cl)c2)c1)N(C)CCO. The first kappa shape index (κ1) is 21.6. The Morgan fingerprint density at radius 2 is 1.93 bits per heavy atom. The first-order valence-electron chi connectivity index (χ1n) is 7.52. The number of hydrogen-bond acceptors (Lipinski definition) is 3. The molecule has 1 amide bonds. The molecule has 0 bridgehead atoms. The number of aliphatic hydroxyl groups is 1. The van der Waals surface area contributed by atoms with Crippen molar-refractivity contribution in [3.63, 3.8) is 0 Å². The van der Waals surface area contributed by atoms with Gasteiger partial charge in [-0.2, -0.15) is 0 Å². The summed E-state index contributed by atoms with van der Waals surface area (Å²) in [6, 6.07) is 5.95. The smallest absolute Gasteiger partial charge is 0.257 e. The maximum atomic E-state index is 13.4. The highest BCUT2D eigenvalue weighted by Gasteiger charge is 2.19. The highest BCUT2D eigenvalue weighted by atomic mass is 35.5. The number of halogens is 4. The predicted molar refractivity (Wildman–Crippen MR) is 104 cm³/mol. The van der Waals surface area contributed by atoms with Gasteiger partial charge in [0.1, 0.15) is 0 Å². The van der Waals surface area contributed by atoms with Crippen molar-refractivity contribution in [1.82, 2.24) is 4.31 Å². The van der Waals surface area contributed by atoms with Crippen molar-refractivity contribution in [2.24, 2.45) is 0 Å². The van der Waals surface area contributed by atoms with Crippen LogP contribution in [0.4, 0.5) is 14.5 Å². The van der Waals surface area contributed by atoms with Crippen molar-refractivity contribution >= 4 is 50.4 Å². The Morgan fingerprint density at radius 1 is 1.26 bits per heavy atom. The van der Waals surface area contributed by atoms with Crippen LogP contribution in [0.1, 0.15) is 10.4 Å². The van der Waals surface area contributed by atoms with E-state index in [1.807, 2.05) is 0 Å². The quantitative estimate of drug-likeness (QED) is 0.538. The van der Waals surface area contributed by atoms with Gasteiger partial charge in [-0.15, -0.1) is 0 Å². The number of nitrogens with zero attached hydrogens (tertiary/aromatic N) is 1. The lowest BCUT2D eigenvalue weighted by Crippen LogP contribution is -2.29. The molecule has 0 heterocycles. The summed E-state index contributed by atoms with van der Waals surface area (Å²) in [5, 5.41) is 10.9. The molecule has 0 aliphatic heterocycles. The fraction of sp³-hybridized carbons (Fsp3) is 0.176. The lowest BCUT2D eigenvalue weighted by atomic mass is 10.2. The molecule has 1 atom stereocenters. The van der Waals surface area contributed by atoms with Crippen LogP contribution in [0.3, 0.4) is 0 Å². The minimum absolute atomic E-state index is 0.0382. The largest absolute Gasteiger partial charge is 0.395 e. The van der Waals surface area contributed by atoms with Crippen molar-refractivity contribution in [2.75, 3.05) is 25.5 Å². The van der Waals surface area contributed by atoms with Crippen molar-refractivity contribution in [1.29, 1.82) is 0 Å². The molecule has 10 heteroatoms. The van der Waals surface area contributed by atoms with E-state index in [2.05, 4.69) is 11.2 Å². The summed E-state index contributed by atoms with van der Waals surface area (Å²) in [7, 11) is -1.44. The van der Waals surface area contributed by atoms with Crippen LogP contribution in [0.15, 0.2) is 35.2 Å². The number of carbonyl (C=O) groups is 1. The monoisotopic (exact) mass is 436 g/mol. The summed E-state index contributed by atoms with van der Waals surface area (Å²) in [5.74, 6) is 0.490. The number of nitrogens with one attached hydrogen (secondary N) is 1. The lowest BCUT2D eigenvalue weighted by Gasteiger charge is -2.21. The van der Waals surface area contributed by atoms with Crippen molar-refractivity contribution < 1.29 is 22.9 Å². The molecule has 2 rings (SSSR count). The Bertz CT molecular complexity index is 961. The molecule has 0 saturated heterocycles. The highest BCUT2D eigenvalue weighted by Crippen LogP contribution is 2.26. The van der Waals surface area contributed by atoms with Gasteiger partial charge in [0.05, 0.1) is 31.9 Å². The number of aliphatic hydroxyl groups excluding tert-OH is 1. The summed E-state index contributed by atoms with van der Waals surface area (Å²) < 4.78 is 40.9. The second-order valence-corrected chi connectivity index (χ2v) is 8.76. The number of anilines is 1. The third-order valence-corrected chi connectivity index (χ3v) is 6.50. The van der Waals surface area contributed by atoms with Crippen molar-refractivity contribution in [3.8, 4) is 0 Å². The summed E-state index contributed by atoms with van der Waals surface area (Å²) in [4.78, 5) is 12.7. The van der Waals surface area contributed by atoms with Gasteiger partial charge < -0.3 is 10.4 Å². The third-order valence-electron chi connectivity index (χ3n) is 3.71. The van der Waals surface area contributed by atoms with E-state index in [0.717, 1.165) is 12.1 Å². The number of amides is 1. The Balaban J connectivity index is 2.37. The topological polar surface area (TPSA) is 69.6 Å². The molecule has 2 N–H and O–H groups in total. The molecule has 0 aliphatic rings. The molecule has 146 valence electrons. The number of benzene rings is 2. The zero-order valence-electron chi connectivity index (χ0n) is 14.1. The first-order valence-corrected chi connectivity index (χ1v) is 9.96. The van der Waals surface area contributed by atoms with E-state index in [-0.39, 0.29) is 34.3 Å². The van der Waals surface area contributed by atoms with Gasteiger partial charge in [0.25, 0.3) is 5.91 Å². The molecule has 2 aromatic rings. The maximum Gasteiger partial charge on any atom is 0.257 e. The van der Waals surface area contributed by atoms with Crippen LogP contribution in [-0.4, -0.2) is 45.6 Å². The lowest BCUT2D eigenvalue weighted by molar-refractivity contribution is 0.102. The van der Waals surface area contributed by atoms with Crippen LogP contribution in [0, 0.1) is 11.6 Å². The van der Waals surface area contributed by atoms with E-state index >= 15 is 0 Å². The van der Waals surface area contributed by atoms with Crippen LogP contribution in [0.2, 0.25) is 10.0 Å². The Morgan fingerprint density at radius 3 is 2.52 bits per heavy atom. The summed E-state index contributed by atoms with van der Waals surface area (Å²) in [5.41, 5.74) is -0.109. The molecule has 2 aromatic carbocycles. The van der Waals surface area contributed by atoms with Crippen LogP contribution < -0.4 is 5.32 Å². The normalized spacial score (nSPS) is 13.4. The fourth-order valence-corrected chi connectivity index (χ4v) is 3.90. The zero-order chi connectivity index (χ0) is 20.4. The average Bonchev–Trinajstić information content (AvgIpc) is 2.59. The summed E-state index contributed by atoms with van der Waals surface area (Å²) >= 11 is 11.6. The number of likely N-dealkylation sites (N-methyl/N-ethyl adjacent to an activating group) is 1. The molecule has 27 heavy (non-hydrogen) atoms. The van der Waals surface area contributed by atoms with E-state index in [0.29, 0.717) is 0 Å². The van der Waals surface area contributed by atoms with Crippen LogP contribution >= 0.6 is 23.2 Å². The van der Waals surface area contributed by atoms with Gasteiger partial charge in [-0.1, -0.05) is 23.2 Å². The maximum absolute atomic E-state index is 13.4. The molecular formula is C17H16Cl2F2N2O3S. The molecule has 0 spiro atoms. The molecular weight excluding hydrogens is 421 g/mol. The van der Waals surface area contributed by atoms with Crippen molar-refractivity contribution in [2.45, 2.75) is 4.90 Å². The molecule has 0 aliphatic carbocycles. The number of carbonyl (C=O) groups excluding carboxylic acids is 1. The summed E-state index contributed by atoms with van der Waals surface area (Å²) in [6.45, 7) is -0.110. The van der Waals surface area contributed by atoms with E-state index in [4.69, 9.17) is 28.3 Å². The van der Waals surface area contributed by atoms with E-state index in [9.17, 15) is 17.8 Å². The van der Waals surface area contributed by atoms with Gasteiger partial charge in [0.2, 0.25) is 0 Å². The molecule has 1 unspecified atom stereocenters. The van der Waals surface area contributed by atoms with Crippen LogP contribution in [0.5, 0.6) is 0 Å². The van der Waals surface area contributed by atoms with Crippen molar-refractivity contribution in [3.05, 3.63) is 57.6 Å². The Labute approximate surface area is 165 Å². The minimum Gasteiger partial charge on any atom is -0.395 e. The molecule has 0 fully saturated rings. The number of hydrogen-bond donors (Lipinski definition) is 2. The second-order valence-electron chi connectivity index (χ2n) is 5.57. The zero-order valence-corrected chi connectivity index (χ0v) is 16.5. The van der Waals surface area contributed by atoms with Gasteiger partial charge in [-0.25, -0.2) is 17.3 Å². The van der Waals surface area contributed by atoms with Gasteiger partial charge >= 0.3 is 0 Å². The average molecular weight is 437 g/mol.